The van der Waals surface area contributed by atoms with Crippen LogP contribution < -0.4 is 11.1 Å². The number of hydrogen-bond donors (Lipinski definition) is 2. The van der Waals surface area contributed by atoms with Crippen molar-refractivity contribution in [3.63, 3.8) is 0 Å². The Bertz CT molecular complexity index is 783. The maximum absolute atomic E-state index is 12.6. The van der Waals surface area contributed by atoms with Gasteiger partial charge < -0.3 is 11.1 Å². The molecule has 0 saturated carbocycles. The molecule has 0 saturated heterocycles. The largest absolute Gasteiger partial charge is 0.349 e. The van der Waals surface area contributed by atoms with Gasteiger partial charge in [0.25, 0.3) is 5.91 Å². The summed E-state index contributed by atoms with van der Waals surface area (Å²) in [4.78, 5) is 22.1. The third kappa shape index (κ3) is 4.74. The van der Waals surface area contributed by atoms with Gasteiger partial charge in [0.1, 0.15) is 12.5 Å². The van der Waals surface area contributed by atoms with Gasteiger partial charge in [-0.15, -0.1) is 0 Å². The smallest absolute Gasteiger partial charge is 0.251 e. The number of amides is 1. The molecule has 134 valence electrons. The van der Waals surface area contributed by atoms with Crippen molar-refractivity contribution >= 4 is 5.91 Å². The van der Waals surface area contributed by atoms with Crippen molar-refractivity contribution in [3.05, 3.63) is 84.3 Å². The van der Waals surface area contributed by atoms with Crippen LogP contribution in [0.15, 0.2) is 78.8 Å². The zero-order valence-corrected chi connectivity index (χ0v) is 14.4. The molecule has 1 atom stereocenters. The van der Waals surface area contributed by atoms with Crippen LogP contribution >= 0.6 is 0 Å². The highest BCUT2D eigenvalue weighted by Crippen LogP contribution is 2.20. The summed E-state index contributed by atoms with van der Waals surface area (Å²) in [7, 11) is 0. The van der Waals surface area contributed by atoms with Crippen molar-refractivity contribution in [2.45, 2.75) is 18.9 Å². The maximum atomic E-state index is 12.6. The van der Waals surface area contributed by atoms with E-state index in [0.717, 1.165) is 16.7 Å². The van der Waals surface area contributed by atoms with E-state index >= 15 is 0 Å². The number of allylic oxidation sites excluding steroid dienone is 1. The first kappa shape index (κ1) is 17.8. The Hall–Kier alpha value is -3.05. The summed E-state index contributed by atoms with van der Waals surface area (Å²) in [5.41, 5.74) is 9.46. The predicted octanol–water partition coefficient (Wildman–Crippen LogP) is 3.55. The third-order valence-electron chi connectivity index (χ3n) is 4.18. The summed E-state index contributed by atoms with van der Waals surface area (Å²) in [5, 5.41) is 3.05. The van der Waals surface area contributed by atoms with Crippen molar-refractivity contribution in [3.8, 4) is 11.1 Å². The van der Waals surface area contributed by atoms with E-state index in [1.165, 1.54) is 12.5 Å². The first-order valence-electron chi connectivity index (χ1n) is 8.60. The van der Waals surface area contributed by atoms with E-state index < -0.39 is 0 Å². The minimum Gasteiger partial charge on any atom is -0.349 e. The number of carbonyl (C=O) groups excluding carboxylic acids is 1. The van der Waals surface area contributed by atoms with Gasteiger partial charge in [-0.1, -0.05) is 42.5 Å². The molecule has 3 N–H and O–H groups in total. The first-order valence-corrected chi connectivity index (χ1v) is 8.60. The Labute approximate surface area is 153 Å². The molecule has 1 heterocycles. The second kappa shape index (κ2) is 8.87. The molecule has 5 nitrogen and oxygen atoms in total. The van der Waals surface area contributed by atoms with Gasteiger partial charge in [0.15, 0.2) is 0 Å². The lowest BCUT2D eigenvalue weighted by molar-refractivity contribution is -0.199. The van der Waals surface area contributed by atoms with Gasteiger partial charge in [-0.3, -0.25) is 14.6 Å². The molecule has 0 aromatic heterocycles. The number of rotatable bonds is 7. The SMILES string of the molecule is NCC[C@H](CC1=COOC=C1)NC(=O)c1ccc(-c2ccccc2)cc1. The van der Waals surface area contributed by atoms with E-state index in [9.17, 15) is 4.79 Å². The van der Waals surface area contributed by atoms with E-state index in [1.54, 1.807) is 0 Å². The summed E-state index contributed by atoms with van der Waals surface area (Å²) in [5.74, 6) is -0.111. The maximum Gasteiger partial charge on any atom is 0.251 e. The Morgan fingerprint density at radius 1 is 1.00 bits per heavy atom. The molecule has 0 aliphatic carbocycles. The second-order valence-electron chi connectivity index (χ2n) is 6.08. The summed E-state index contributed by atoms with van der Waals surface area (Å²) >= 11 is 0. The molecule has 0 fully saturated rings. The Morgan fingerprint density at radius 3 is 2.38 bits per heavy atom. The van der Waals surface area contributed by atoms with Crippen LogP contribution in [0.2, 0.25) is 0 Å². The highest BCUT2D eigenvalue weighted by molar-refractivity contribution is 5.94. The molecule has 0 bridgehead atoms. The zero-order chi connectivity index (χ0) is 18.2. The number of nitrogens with one attached hydrogen (secondary N) is 1. The summed E-state index contributed by atoms with van der Waals surface area (Å²) in [6.45, 7) is 0.492. The number of benzene rings is 2. The lowest BCUT2D eigenvalue weighted by atomic mass is 10.0. The minimum atomic E-state index is -0.111. The first-order chi connectivity index (χ1) is 12.8. The Morgan fingerprint density at radius 2 is 1.73 bits per heavy atom. The average molecular weight is 350 g/mol. The van der Waals surface area contributed by atoms with Gasteiger partial charge >= 0.3 is 0 Å². The highest BCUT2D eigenvalue weighted by atomic mass is 17.2. The van der Waals surface area contributed by atoms with E-state index in [0.29, 0.717) is 24.9 Å². The van der Waals surface area contributed by atoms with Crippen LogP contribution in [0.3, 0.4) is 0 Å². The van der Waals surface area contributed by atoms with Crippen molar-refractivity contribution in [2.75, 3.05) is 6.54 Å². The predicted molar refractivity (Wildman–Crippen MR) is 101 cm³/mol. The lowest BCUT2D eigenvalue weighted by Gasteiger charge is -2.19. The quantitative estimate of drug-likeness (QED) is 0.749. The van der Waals surface area contributed by atoms with Crippen LogP contribution in [0, 0.1) is 0 Å². The second-order valence-corrected chi connectivity index (χ2v) is 6.08. The van der Waals surface area contributed by atoms with Crippen LogP contribution in [0.4, 0.5) is 0 Å². The average Bonchev–Trinajstić information content (AvgIpc) is 2.70. The van der Waals surface area contributed by atoms with Crippen molar-refractivity contribution in [1.29, 1.82) is 0 Å². The fourth-order valence-corrected chi connectivity index (χ4v) is 2.82. The van der Waals surface area contributed by atoms with Gasteiger partial charge in [0, 0.05) is 11.6 Å². The highest BCUT2D eigenvalue weighted by Gasteiger charge is 2.15. The van der Waals surface area contributed by atoms with Gasteiger partial charge in [-0.05, 0) is 54.3 Å². The number of carbonyl (C=O) groups is 1. The molecule has 0 spiro atoms. The standard InChI is InChI=1S/C21H22N2O3/c22-12-10-20(14-16-11-13-25-26-15-16)23-21(24)19-8-6-18(7-9-19)17-4-2-1-3-5-17/h1-9,11,13,15,20H,10,12,14,22H2,(H,23,24)/t20-/m1/s1. The molecule has 2 aromatic carbocycles. The molecule has 1 aliphatic heterocycles. The lowest BCUT2D eigenvalue weighted by Crippen LogP contribution is -2.36. The number of nitrogens with two attached hydrogens (primary N) is 1. The monoisotopic (exact) mass is 350 g/mol. The Balaban J connectivity index is 1.65. The van der Waals surface area contributed by atoms with Crippen LogP contribution in [-0.2, 0) is 9.78 Å². The van der Waals surface area contributed by atoms with Crippen LogP contribution in [0.5, 0.6) is 0 Å². The fraction of sp³-hybridized carbons (Fsp3) is 0.190. The fourth-order valence-electron chi connectivity index (χ4n) is 2.82. The molecule has 0 unspecified atom stereocenters. The van der Waals surface area contributed by atoms with E-state index in [4.69, 9.17) is 10.6 Å². The third-order valence-corrected chi connectivity index (χ3v) is 4.18. The molecule has 5 heteroatoms. The molecule has 1 aliphatic rings. The molecule has 3 rings (SSSR count). The summed E-state index contributed by atoms with van der Waals surface area (Å²) < 4.78 is 0. The Kier molecular flexibility index (Phi) is 6.06. The molecule has 1 amide bonds. The van der Waals surface area contributed by atoms with Crippen molar-refractivity contribution in [2.24, 2.45) is 5.73 Å². The molecular formula is C21H22N2O3. The molecule has 0 radical (unpaired) electrons. The van der Waals surface area contributed by atoms with Crippen LogP contribution in [0.25, 0.3) is 11.1 Å². The molecule has 2 aromatic rings. The normalized spacial score (nSPS) is 14.0. The van der Waals surface area contributed by atoms with Crippen LogP contribution in [-0.4, -0.2) is 18.5 Å². The summed E-state index contributed by atoms with van der Waals surface area (Å²) in [6.07, 6.45) is 6.13. The van der Waals surface area contributed by atoms with Crippen molar-refractivity contribution in [1.82, 2.24) is 5.32 Å². The number of hydrogen-bond acceptors (Lipinski definition) is 4. The molecule has 26 heavy (non-hydrogen) atoms. The summed E-state index contributed by atoms with van der Waals surface area (Å²) in [6, 6.07) is 17.6. The topological polar surface area (TPSA) is 73.6 Å². The zero-order valence-electron chi connectivity index (χ0n) is 14.4. The molecular weight excluding hydrogens is 328 g/mol. The van der Waals surface area contributed by atoms with Crippen molar-refractivity contribution < 1.29 is 14.6 Å². The van der Waals surface area contributed by atoms with E-state index in [2.05, 4.69) is 10.2 Å². The van der Waals surface area contributed by atoms with Gasteiger partial charge in [0.2, 0.25) is 0 Å². The van der Waals surface area contributed by atoms with Crippen LogP contribution in [0.1, 0.15) is 23.2 Å². The van der Waals surface area contributed by atoms with Gasteiger partial charge in [-0.2, -0.15) is 0 Å². The van der Waals surface area contributed by atoms with Gasteiger partial charge in [-0.25, -0.2) is 0 Å². The minimum absolute atomic E-state index is 0.0705. The van der Waals surface area contributed by atoms with E-state index in [1.807, 2.05) is 60.7 Å². The van der Waals surface area contributed by atoms with E-state index in [-0.39, 0.29) is 11.9 Å². The van der Waals surface area contributed by atoms with Gasteiger partial charge in [0.05, 0.1) is 0 Å².